The average molecular weight is 221 g/mol. The minimum absolute atomic E-state index is 0.436. The number of hydrogen-bond acceptors (Lipinski definition) is 4. The van der Waals surface area contributed by atoms with Crippen molar-refractivity contribution in [1.29, 1.82) is 0 Å². The van der Waals surface area contributed by atoms with Crippen molar-refractivity contribution in [2.75, 3.05) is 11.1 Å². The molecule has 0 bridgehead atoms. The van der Waals surface area contributed by atoms with Gasteiger partial charge in [0.1, 0.15) is 0 Å². The number of nitrogens with one attached hydrogen (secondary N) is 1. The molecule has 1 unspecified atom stereocenters. The molecule has 0 saturated heterocycles. The van der Waals surface area contributed by atoms with E-state index in [1.54, 1.807) is 18.0 Å². The zero-order chi connectivity index (χ0) is 10.7. The Morgan fingerprint density at radius 3 is 3.13 bits per heavy atom. The van der Waals surface area contributed by atoms with Gasteiger partial charge in [0, 0.05) is 11.9 Å². The molecule has 0 aliphatic carbocycles. The van der Waals surface area contributed by atoms with Gasteiger partial charge >= 0.3 is 0 Å². The molecule has 1 N–H and O–H groups in total. The van der Waals surface area contributed by atoms with Crippen molar-refractivity contribution >= 4 is 22.6 Å². The fraction of sp³-hybridized carbons (Fsp3) is 0.455. The molecule has 0 fully saturated rings. The van der Waals surface area contributed by atoms with Gasteiger partial charge in [-0.15, -0.1) is 0 Å². The zero-order valence-electron chi connectivity index (χ0n) is 9.03. The van der Waals surface area contributed by atoms with Crippen LogP contribution in [0, 0.1) is 6.92 Å². The number of rotatable bonds is 1. The Morgan fingerprint density at radius 1 is 1.53 bits per heavy atom. The molecule has 4 heteroatoms. The summed E-state index contributed by atoms with van der Waals surface area (Å²) in [4.78, 5) is 8.66. The molecule has 15 heavy (non-hydrogen) atoms. The van der Waals surface area contributed by atoms with E-state index in [2.05, 4.69) is 29.1 Å². The number of hydrogen-bond donors (Lipinski definition) is 1. The van der Waals surface area contributed by atoms with E-state index in [1.807, 2.05) is 12.3 Å². The molecular weight excluding hydrogens is 206 g/mol. The van der Waals surface area contributed by atoms with Crippen molar-refractivity contribution in [1.82, 2.24) is 4.98 Å². The standard InChI is InChI=1S/C11H15N3S/c1-8-3-5-12-7-10(8)14-11-13-9(2)4-6-15-11/h3,5,7,9H,4,6H2,1-2H3,(H,13,14). The summed E-state index contributed by atoms with van der Waals surface area (Å²) in [5.74, 6) is 1.15. The van der Waals surface area contributed by atoms with Crippen LogP contribution in [0.2, 0.25) is 0 Å². The quantitative estimate of drug-likeness (QED) is 0.792. The molecule has 2 rings (SSSR count). The predicted molar refractivity (Wildman–Crippen MR) is 66.6 cm³/mol. The van der Waals surface area contributed by atoms with Gasteiger partial charge in [0.25, 0.3) is 0 Å². The maximum atomic E-state index is 4.56. The van der Waals surface area contributed by atoms with Gasteiger partial charge in [-0.1, -0.05) is 11.8 Å². The number of aryl methyl sites for hydroxylation is 1. The Balaban J connectivity index is 2.12. The molecule has 2 heterocycles. The van der Waals surface area contributed by atoms with Crippen LogP contribution in [0.1, 0.15) is 18.9 Å². The second-order valence-electron chi connectivity index (χ2n) is 3.74. The summed E-state index contributed by atoms with van der Waals surface area (Å²) in [5.41, 5.74) is 2.25. The first-order valence-electron chi connectivity index (χ1n) is 5.14. The topological polar surface area (TPSA) is 37.3 Å². The van der Waals surface area contributed by atoms with Gasteiger partial charge in [0.2, 0.25) is 0 Å². The fourth-order valence-electron chi connectivity index (χ4n) is 1.41. The second-order valence-corrected chi connectivity index (χ2v) is 4.82. The van der Waals surface area contributed by atoms with Crippen molar-refractivity contribution in [3.63, 3.8) is 0 Å². The SMILES string of the molecule is Cc1ccncc1NC1=NC(C)CCS1. The van der Waals surface area contributed by atoms with Crippen LogP contribution < -0.4 is 5.32 Å². The van der Waals surface area contributed by atoms with Gasteiger partial charge in [0.15, 0.2) is 5.17 Å². The third kappa shape index (κ3) is 2.72. The molecule has 1 aliphatic rings. The lowest BCUT2D eigenvalue weighted by Gasteiger charge is -2.18. The van der Waals surface area contributed by atoms with Crippen molar-refractivity contribution in [2.45, 2.75) is 26.3 Å². The fourth-order valence-corrected chi connectivity index (χ4v) is 2.50. The summed E-state index contributed by atoms with van der Waals surface area (Å²) >= 11 is 1.78. The Kier molecular flexibility index (Phi) is 3.26. The van der Waals surface area contributed by atoms with Crippen LogP contribution in [0.25, 0.3) is 0 Å². The third-order valence-electron chi connectivity index (χ3n) is 2.39. The predicted octanol–water partition coefficient (Wildman–Crippen LogP) is 2.68. The molecule has 0 aromatic carbocycles. The second kappa shape index (κ2) is 4.66. The van der Waals surface area contributed by atoms with E-state index in [-0.39, 0.29) is 0 Å². The van der Waals surface area contributed by atoms with Crippen molar-refractivity contribution < 1.29 is 0 Å². The summed E-state index contributed by atoms with van der Waals surface area (Å²) in [5, 5.41) is 4.35. The first kappa shape index (κ1) is 10.5. The van der Waals surface area contributed by atoms with Crippen LogP contribution in [0.3, 0.4) is 0 Å². The van der Waals surface area contributed by atoms with Crippen LogP contribution in [-0.4, -0.2) is 21.9 Å². The summed E-state index contributed by atoms with van der Waals surface area (Å²) in [6, 6.07) is 2.44. The minimum Gasteiger partial charge on any atom is -0.334 e. The van der Waals surface area contributed by atoms with E-state index in [0.717, 1.165) is 16.6 Å². The molecule has 1 atom stereocenters. The maximum Gasteiger partial charge on any atom is 0.161 e. The summed E-state index contributed by atoms with van der Waals surface area (Å²) in [6.45, 7) is 4.22. The molecule has 1 aromatic rings. The Bertz CT molecular complexity index is 376. The number of aromatic nitrogens is 1. The van der Waals surface area contributed by atoms with E-state index in [4.69, 9.17) is 0 Å². The highest BCUT2D eigenvalue weighted by molar-refractivity contribution is 8.14. The Labute approximate surface area is 94.4 Å². The molecule has 1 aliphatic heterocycles. The lowest BCUT2D eigenvalue weighted by Crippen LogP contribution is -2.18. The van der Waals surface area contributed by atoms with E-state index >= 15 is 0 Å². The number of pyridine rings is 1. The number of aliphatic imine (C=N–C) groups is 1. The van der Waals surface area contributed by atoms with Gasteiger partial charge in [-0.3, -0.25) is 9.98 Å². The van der Waals surface area contributed by atoms with Crippen molar-refractivity contribution in [2.24, 2.45) is 4.99 Å². The van der Waals surface area contributed by atoms with Gasteiger partial charge in [-0.25, -0.2) is 0 Å². The van der Waals surface area contributed by atoms with Crippen LogP contribution in [0.15, 0.2) is 23.5 Å². The summed E-state index contributed by atoms with van der Waals surface area (Å²) in [6.07, 6.45) is 4.82. The Morgan fingerprint density at radius 2 is 2.40 bits per heavy atom. The monoisotopic (exact) mass is 221 g/mol. The zero-order valence-corrected chi connectivity index (χ0v) is 9.84. The molecule has 3 nitrogen and oxygen atoms in total. The Hall–Kier alpha value is -1.03. The van der Waals surface area contributed by atoms with Gasteiger partial charge in [-0.2, -0.15) is 0 Å². The average Bonchev–Trinajstić information content (AvgIpc) is 2.22. The first-order chi connectivity index (χ1) is 7.25. The number of thioether (sulfide) groups is 1. The maximum absolute atomic E-state index is 4.56. The lowest BCUT2D eigenvalue weighted by atomic mass is 10.2. The van der Waals surface area contributed by atoms with Crippen molar-refractivity contribution in [3.05, 3.63) is 24.0 Å². The molecule has 0 saturated carbocycles. The molecule has 0 spiro atoms. The third-order valence-corrected chi connectivity index (χ3v) is 3.31. The minimum atomic E-state index is 0.436. The highest BCUT2D eigenvalue weighted by Crippen LogP contribution is 2.20. The lowest BCUT2D eigenvalue weighted by molar-refractivity contribution is 0.720. The van der Waals surface area contributed by atoms with E-state index in [0.29, 0.717) is 6.04 Å². The van der Waals surface area contributed by atoms with E-state index < -0.39 is 0 Å². The molecule has 80 valence electrons. The summed E-state index contributed by atoms with van der Waals surface area (Å²) < 4.78 is 0. The largest absolute Gasteiger partial charge is 0.334 e. The van der Waals surface area contributed by atoms with Crippen LogP contribution in [-0.2, 0) is 0 Å². The molecule has 0 radical (unpaired) electrons. The van der Waals surface area contributed by atoms with E-state index in [1.165, 1.54) is 12.0 Å². The molecular formula is C11H15N3S. The highest BCUT2D eigenvalue weighted by Gasteiger charge is 2.12. The van der Waals surface area contributed by atoms with Gasteiger partial charge in [0.05, 0.1) is 17.9 Å². The van der Waals surface area contributed by atoms with Crippen LogP contribution >= 0.6 is 11.8 Å². The van der Waals surface area contributed by atoms with Gasteiger partial charge in [-0.05, 0) is 31.9 Å². The number of amidine groups is 1. The van der Waals surface area contributed by atoms with E-state index in [9.17, 15) is 0 Å². The van der Waals surface area contributed by atoms with Crippen LogP contribution in [0.5, 0.6) is 0 Å². The first-order valence-corrected chi connectivity index (χ1v) is 6.12. The normalized spacial score (nSPS) is 20.9. The summed E-state index contributed by atoms with van der Waals surface area (Å²) in [7, 11) is 0. The van der Waals surface area contributed by atoms with Gasteiger partial charge < -0.3 is 5.32 Å². The number of anilines is 1. The molecule has 0 amide bonds. The van der Waals surface area contributed by atoms with Crippen LogP contribution in [0.4, 0.5) is 5.69 Å². The molecule has 1 aromatic heterocycles. The smallest absolute Gasteiger partial charge is 0.161 e. The highest BCUT2D eigenvalue weighted by atomic mass is 32.2. The number of nitrogens with zero attached hydrogens (tertiary/aromatic N) is 2. The van der Waals surface area contributed by atoms with Crippen molar-refractivity contribution in [3.8, 4) is 0 Å².